The van der Waals surface area contributed by atoms with Gasteiger partial charge in [-0.05, 0) is 43.4 Å². The standard InChI is InChI=1S/C19H28N6O.HI/c1-14-7-8-15(12-16(14)26-3)9-10-21-19(20-2)22-13-18-24-23-17-6-4-5-11-25(17)18;/h7-8,12H,4-6,9-11,13H2,1-3H3,(H2,20,21,22);1H. The van der Waals surface area contributed by atoms with E-state index in [2.05, 4.69) is 55.5 Å². The van der Waals surface area contributed by atoms with Crippen LogP contribution in [0.2, 0.25) is 0 Å². The largest absolute Gasteiger partial charge is 0.496 e. The van der Waals surface area contributed by atoms with Crippen LogP contribution in [-0.2, 0) is 25.9 Å². The van der Waals surface area contributed by atoms with Gasteiger partial charge in [0, 0.05) is 26.6 Å². The maximum absolute atomic E-state index is 5.39. The molecule has 0 spiro atoms. The number of halogens is 1. The quantitative estimate of drug-likeness (QED) is 0.375. The van der Waals surface area contributed by atoms with Crippen molar-refractivity contribution in [1.29, 1.82) is 0 Å². The number of guanidine groups is 1. The molecule has 27 heavy (non-hydrogen) atoms. The normalized spacial score (nSPS) is 13.5. The minimum Gasteiger partial charge on any atom is -0.496 e. The van der Waals surface area contributed by atoms with Crippen LogP contribution in [0.5, 0.6) is 5.75 Å². The molecule has 0 saturated heterocycles. The van der Waals surface area contributed by atoms with Crippen LogP contribution in [0.1, 0.15) is 35.6 Å². The fourth-order valence-corrected chi connectivity index (χ4v) is 3.23. The average molecular weight is 484 g/mol. The SMILES string of the molecule is CN=C(NCCc1ccc(C)c(OC)c1)NCc1nnc2n1CCCC2.I. The van der Waals surface area contributed by atoms with Gasteiger partial charge in [0.2, 0.25) is 0 Å². The van der Waals surface area contributed by atoms with E-state index in [0.717, 1.165) is 54.9 Å². The third-order valence-corrected chi connectivity index (χ3v) is 4.75. The Hall–Kier alpha value is -1.84. The second kappa shape index (κ2) is 10.5. The highest BCUT2D eigenvalue weighted by Crippen LogP contribution is 2.19. The molecule has 148 valence electrons. The zero-order chi connectivity index (χ0) is 18.4. The highest BCUT2D eigenvalue weighted by molar-refractivity contribution is 14.0. The van der Waals surface area contributed by atoms with E-state index in [1.54, 1.807) is 14.2 Å². The summed E-state index contributed by atoms with van der Waals surface area (Å²) in [6, 6.07) is 6.32. The van der Waals surface area contributed by atoms with Crippen molar-refractivity contribution in [2.24, 2.45) is 4.99 Å². The molecule has 0 fully saturated rings. The Kier molecular flexibility index (Phi) is 8.33. The Morgan fingerprint density at radius 3 is 2.89 bits per heavy atom. The van der Waals surface area contributed by atoms with E-state index in [9.17, 15) is 0 Å². The first-order valence-corrected chi connectivity index (χ1v) is 9.20. The molecule has 2 N–H and O–H groups in total. The minimum atomic E-state index is 0. The molecule has 0 amide bonds. The summed E-state index contributed by atoms with van der Waals surface area (Å²) < 4.78 is 7.61. The second-order valence-corrected chi connectivity index (χ2v) is 6.55. The maximum Gasteiger partial charge on any atom is 0.191 e. The Morgan fingerprint density at radius 1 is 1.26 bits per heavy atom. The maximum atomic E-state index is 5.39. The van der Waals surface area contributed by atoms with Crippen LogP contribution < -0.4 is 15.4 Å². The Labute approximate surface area is 178 Å². The number of ether oxygens (including phenoxy) is 1. The molecule has 1 aromatic heterocycles. The molecule has 0 atom stereocenters. The number of aryl methyl sites for hydroxylation is 2. The van der Waals surface area contributed by atoms with Gasteiger partial charge >= 0.3 is 0 Å². The minimum absolute atomic E-state index is 0. The van der Waals surface area contributed by atoms with Crippen molar-refractivity contribution in [2.45, 2.75) is 45.7 Å². The number of nitrogens with zero attached hydrogens (tertiary/aromatic N) is 4. The summed E-state index contributed by atoms with van der Waals surface area (Å²) in [6.07, 6.45) is 4.33. The van der Waals surface area contributed by atoms with Crippen molar-refractivity contribution >= 4 is 29.9 Å². The van der Waals surface area contributed by atoms with Crippen LogP contribution in [0.15, 0.2) is 23.2 Å². The predicted octanol–water partition coefficient (Wildman–Crippen LogP) is 2.46. The van der Waals surface area contributed by atoms with Gasteiger partial charge in [0.25, 0.3) is 0 Å². The molecule has 7 nitrogen and oxygen atoms in total. The third-order valence-electron chi connectivity index (χ3n) is 4.75. The van der Waals surface area contributed by atoms with Gasteiger partial charge < -0.3 is 19.9 Å². The number of aliphatic imine (C=N–C) groups is 1. The van der Waals surface area contributed by atoms with Gasteiger partial charge in [0.15, 0.2) is 11.8 Å². The van der Waals surface area contributed by atoms with Crippen LogP contribution in [0, 0.1) is 6.92 Å². The summed E-state index contributed by atoms with van der Waals surface area (Å²) in [5, 5.41) is 15.3. The monoisotopic (exact) mass is 484 g/mol. The van der Waals surface area contributed by atoms with Crippen molar-refractivity contribution in [3.8, 4) is 5.75 Å². The van der Waals surface area contributed by atoms with E-state index in [0.29, 0.717) is 6.54 Å². The Balaban J connectivity index is 0.00000261. The van der Waals surface area contributed by atoms with Crippen LogP contribution in [0.3, 0.4) is 0 Å². The molecule has 1 aliphatic rings. The first-order chi connectivity index (χ1) is 12.7. The number of hydrogen-bond donors (Lipinski definition) is 2. The summed E-state index contributed by atoms with van der Waals surface area (Å²) in [7, 11) is 3.49. The molecule has 0 radical (unpaired) electrons. The van der Waals surface area contributed by atoms with Crippen LogP contribution >= 0.6 is 24.0 Å². The van der Waals surface area contributed by atoms with Gasteiger partial charge in [0.05, 0.1) is 13.7 Å². The van der Waals surface area contributed by atoms with Gasteiger partial charge in [-0.15, -0.1) is 34.2 Å². The first-order valence-electron chi connectivity index (χ1n) is 9.20. The lowest BCUT2D eigenvalue weighted by Crippen LogP contribution is -2.38. The van der Waals surface area contributed by atoms with Crippen molar-refractivity contribution < 1.29 is 4.74 Å². The molecule has 0 saturated carbocycles. The third kappa shape index (κ3) is 5.57. The smallest absolute Gasteiger partial charge is 0.191 e. The molecular formula is C19H29IN6O. The van der Waals surface area contributed by atoms with E-state index < -0.39 is 0 Å². The molecule has 8 heteroatoms. The highest BCUT2D eigenvalue weighted by Gasteiger charge is 2.15. The lowest BCUT2D eigenvalue weighted by atomic mass is 10.1. The molecule has 1 aromatic carbocycles. The summed E-state index contributed by atoms with van der Waals surface area (Å²) in [5.41, 5.74) is 2.39. The molecular weight excluding hydrogens is 455 g/mol. The number of benzene rings is 1. The van der Waals surface area contributed by atoms with Gasteiger partial charge in [-0.2, -0.15) is 0 Å². The van der Waals surface area contributed by atoms with Crippen molar-refractivity contribution in [1.82, 2.24) is 25.4 Å². The van der Waals surface area contributed by atoms with Gasteiger partial charge in [-0.1, -0.05) is 12.1 Å². The second-order valence-electron chi connectivity index (χ2n) is 6.55. The number of nitrogens with one attached hydrogen (secondary N) is 2. The van der Waals surface area contributed by atoms with Crippen molar-refractivity contribution in [2.75, 3.05) is 20.7 Å². The van der Waals surface area contributed by atoms with E-state index in [-0.39, 0.29) is 24.0 Å². The van der Waals surface area contributed by atoms with E-state index >= 15 is 0 Å². The number of fused-ring (bicyclic) bond motifs is 1. The zero-order valence-corrected chi connectivity index (χ0v) is 18.6. The van der Waals surface area contributed by atoms with Crippen LogP contribution in [0.25, 0.3) is 0 Å². The Bertz CT molecular complexity index is 774. The summed E-state index contributed by atoms with van der Waals surface area (Å²) in [5.74, 6) is 3.79. The molecule has 0 unspecified atom stereocenters. The van der Waals surface area contributed by atoms with Gasteiger partial charge in [0.1, 0.15) is 11.6 Å². The summed E-state index contributed by atoms with van der Waals surface area (Å²) in [6.45, 7) is 4.49. The number of methoxy groups -OCH3 is 1. The topological polar surface area (TPSA) is 76.4 Å². The molecule has 1 aliphatic heterocycles. The highest BCUT2D eigenvalue weighted by atomic mass is 127. The number of rotatable bonds is 6. The molecule has 2 heterocycles. The van der Waals surface area contributed by atoms with Crippen LogP contribution in [-0.4, -0.2) is 41.4 Å². The van der Waals surface area contributed by atoms with E-state index in [4.69, 9.17) is 4.74 Å². The molecule has 3 rings (SSSR count). The lowest BCUT2D eigenvalue weighted by Gasteiger charge is -2.16. The fraction of sp³-hybridized carbons (Fsp3) is 0.526. The van der Waals surface area contributed by atoms with Crippen LogP contribution in [0.4, 0.5) is 0 Å². The van der Waals surface area contributed by atoms with E-state index in [1.165, 1.54) is 18.4 Å². The van der Waals surface area contributed by atoms with Crippen molar-refractivity contribution in [3.63, 3.8) is 0 Å². The van der Waals surface area contributed by atoms with Crippen molar-refractivity contribution in [3.05, 3.63) is 41.0 Å². The average Bonchev–Trinajstić information content (AvgIpc) is 3.09. The molecule has 0 aliphatic carbocycles. The van der Waals surface area contributed by atoms with Gasteiger partial charge in [-0.25, -0.2) is 0 Å². The lowest BCUT2D eigenvalue weighted by molar-refractivity contribution is 0.411. The molecule has 2 aromatic rings. The number of hydrogen-bond acceptors (Lipinski definition) is 4. The van der Waals surface area contributed by atoms with Gasteiger partial charge in [-0.3, -0.25) is 4.99 Å². The molecule has 0 bridgehead atoms. The summed E-state index contributed by atoms with van der Waals surface area (Å²) >= 11 is 0. The number of aromatic nitrogens is 3. The Morgan fingerprint density at radius 2 is 2.11 bits per heavy atom. The predicted molar refractivity (Wildman–Crippen MR) is 118 cm³/mol. The fourth-order valence-electron chi connectivity index (χ4n) is 3.23. The first kappa shape index (κ1) is 21.5. The summed E-state index contributed by atoms with van der Waals surface area (Å²) in [4.78, 5) is 4.29. The zero-order valence-electron chi connectivity index (χ0n) is 16.3. The van der Waals surface area contributed by atoms with E-state index in [1.807, 2.05) is 0 Å².